The normalized spacial score (nSPS) is 11.6. The second kappa shape index (κ2) is 7.30. The second-order valence-electron chi connectivity index (χ2n) is 3.93. The Hall–Kier alpha value is -1.54. The SMILES string of the molecule is COCCCNC(=O)c1ccc(S(=O)(=O)C(F)F)cc1. The highest BCUT2D eigenvalue weighted by molar-refractivity contribution is 7.91. The quantitative estimate of drug-likeness (QED) is 0.774. The molecule has 0 spiro atoms. The van der Waals surface area contributed by atoms with Gasteiger partial charge in [-0.15, -0.1) is 0 Å². The number of benzene rings is 1. The fraction of sp³-hybridized carbons (Fsp3) is 0.417. The molecule has 0 aliphatic heterocycles. The average Bonchev–Trinajstić information content (AvgIpc) is 2.43. The van der Waals surface area contributed by atoms with Crippen molar-refractivity contribution in [3.63, 3.8) is 0 Å². The minimum absolute atomic E-state index is 0.204. The van der Waals surface area contributed by atoms with Crippen LogP contribution in [0.1, 0.15) is 16.8 Å². The molecular weight excluding hydrogens is 292 g/mol. The van der Waals surface area contributed by atoms with E-state index in [1.54, 1.807) is 7.11 Å². The van der Waals surface area contributed by atoms with Crippen LogP contribution < -0.4 is 5.32 Å². The molecule has 1 amide bonds. The second-order valence-corrected chi connectivity index (χ2v) is 5.85. The molecule has 0 fully saturated rings. The fourth-order valence-electron chi connectivity index (χ4n) is 1.42. The first-order chi connectivity index (χ1) is 9.39. The van der Waals surface area contributed by atoms with Gasteiger partial charge >= 0.3 is 5.76 Å². The van der Waals surface area contributed by atoms with Crippen molar-refractivity contribution >= 4 is 15.7 Å². The van der Waals surface area contributed by atoms with Gasteiger partial charge in [0, 0.05) is 25.8 Å². The Balaban J connectivity index is 2.69. The highest BCUT2D eigenvalue weighted by Crippen LogP contribution is 2.18. The predicted octanol–water partition coefficient (Wildman–Crippen LogP) is 1.45. The van der Waals surface area contributed by atoms with Gasteiger partial charge in [-0.25, -0.2) is 8.42 Å². The number of nitrogens with one attached hydrogen (secondary N) is 1. The van der Waals surface area contributed by atoms with E-state index in [4.69, 9.17) is 4.74 Å². The maximum atomic E-state index is 12.3. The molecule has 0 unspecified atom stereocenters. The summed E-state index contributed by atoms with van der Waals surface area (Å²) in [5.74, 6) is -3.88. The van der Waals surface area contributed by atoms with Crippen molar-refractivity contribution in [2.24, 2.45) is 0 Å². The Morgan fingerprint density at radius 1 is 1.30 bits per heavy atom. The van der Waals surface area contributed by atoms with Crippen molar-refractivity contribution in [1.29, 1.82) is 0 Å². The van der Waals surface area contributed by atoms with E-state index in [1.165, 1.54) is 12.1 Å². The highest BCUT2D eigenvalue weighted by atomic mass is 32.2. The first-order valence-corrected chi connectivity index (χ1v) is 7.33. The zero-order chi connectivity index (χ0) is 15.2. The van der Waals surface area contributed by atoms with Gasteiger partial charge in [-0.1, -0.05) is 0 Å². The number of rotatable bonds is 7. The molecule has 1 aromatic carbocycles. The molecule has 112 valence electrons. The minimum atomic E-state index is -4.63. The van der Waals surface area contributed by atoms with Crippen molar-refractivity contribution in [2.45, 2.75) is 17.1 Å². The monoisotopic (exact) mass is 307 g/mol. The van der Waals surface area contributed by atoms with Gasteiger partial charge in [-0.3, -0.25) is 4.79 Å². The number of methoxy groups -OCH3 is 1. The molecule has 0 saturated heterocycles. The summed E-state index contributed by atoms with van der Waals surface area (Å²) in [5.41, 5.74) is 0.204. The third kappa shape index (κ3) is 4.24. The molecule has 0 aliphatic carbocycles. The molecule has 1 aromatic rings. The minimum Gasteiger partial charge on any atom is -0.385 e. The number of carbonyl (C=O) groups is 1. The van der Waals surface area contributed by atoms with E-state index >= 15 is 0 Å². The number of alkyl halides is 2. The van der Waals surface area contributed by atoms with Gasteiger partial charge in [0.05, 0.1) is 4.90 Å². The number of carbonyl (C=O) groups excluding carboxylic acids is 1. The Bertz CT molecular complexity index is 543. The smallest absolute Gasteiger partial charge is 0.341 e. The summed E-state index contributed by atoms with van der Waals surface area (Å²) in [5, 5.41) is 2.60. The highest BCUT2D eigenvalue weighted by Gasteiger charge is 2.26. The summed E-state index contributed by atoms with van der Waals surface area (Å²) >= 11 is 0. The Labute approximate surface area is 115 Å². The van der Waals surface area contributed by atoms with Gasteiger partial charge in [0.1, 0.15) is 0 Å². The van der Waals surface area contributed by atoms with Crippen LogP contribution in [0, 0.1) is 0 Å². The zero-order valence-electron chi connectivity index (χ0n) is 10.8. The van der Waals surface area contributed by atoms with E-state index < -0.39 is 26.4 Å². The Kier molecular flexibility index (Phi) is 6.03. The maximum Gasteiger partial charge on any atom is 0.341 e. The fourth-order valence-corrected chi connectivity index (χ4v) is 2.14. The van der Waals surface area contributed by atoms with Crippen LogP contribution >= 0.6 is 0 Å². The van der Waals surface area contributed by atoms with Gasteiger partial charge < -0.3 is 10.1 Å². The molecular formula is C12H15F2NO4S. The molecule has 0 aliphatic rings. The summed E-state index contributed by atoms with van der Waals surface area (Å²) in [6.07, 6.45) is 0.639. The number of halogens is 2. The van der Waals surface area contributed by atoms with E-state index in [9.17, 15) is 22.0 Å². The zero-order valence-corrected chi connectivity index (χ0v) is 11.6. The van der Waals surface area contributed by atoms with E-state index in [-0.39, 0.29) is 5.56 Å². The van der Waals surface area contributed by atoms with E-state index in [0.29, 0.717) is 19.6 Å². The van der Waals surface area contributed by atoms with Crippen LogP contribution in [-0.2, 0) is 14.6 Å². The molecule has 0 radical (unpaired) electrons. The number of amides is 1. The summed E-state index contributed by atoms with van der Waals surface area (Å²) in [7, 11) is -3.08. The standard InChI is InChI=1S/C12H15F2NO4S/c1-19-8-2-7-15-11(16)9-3-5-10(6-4-9)20(17,18)12(13)14/h3-6,12H,2,7-8H2,1H3,(H,15,16). The first-order valence-electron chi connectivity index (χ1n) is 5.79. The molecule has 20 heavy (non-hydrogen) atoms. The van der Waals surface area contributed by atoms with Gasteiger partial charge in [0.25, 0.3) is 5.91 Å². The summed E-state index contributed by atoms with van der Waals surface area (Å²) < 4.78 is 51.8. The molecule has 0 saturated carbocycles. The van der Waals surface area contributed by atoms with Crippen LogP contribution in [0.5, 0.6) is 0 Å². The number of ether oxygens (including phenoxy) is 1. The molecule has 0 heterocycles. The van der Waals surface area contributed by atoms with E-state index in [2.05, 4.69) is 5.32 Å². The molecule has 0 atom stereocenters. The van der Waals surface area contributed by atoms with Crippen LogP contribution in [0.2, 0.25) is 0 Å². The Morgan fingerprint density at radius 3 is 2.40 bits per heavy atom. The summed E-state index contributed by atoms with van der Waals surface area (Å²) in [6, 6.07) is 4.37. The van der Waals surface area contributed by atoms with E-state index in [1.807, 2.05) is 0 Å². The number of hydrogen-bond donors (Lipinski definition) is 1. The lowest BCUT2D eigenvalue weighted by Gasteiger charge is -2.06. The van der Waals surface area contributed by atoms with Crippen LogP contribution in [-0.4, -0.2) is 40.3 Å². The lowest BCUT2D eigenvalue weighted by molar-refractivity contribution is 0.0948. The molecule has 8 heteroatoms. The Morgan fingerprint density at radius 2 is 1.90 bits per heavy atom. The third-order valence-corrected chi connectivity index (χ3v) is 3.89. The van der Waals surface area contributed by atoms with Gasteiger partial charge in [0.2, 0.25) is 9.84 Å². The van der Waals surface area contributed by atoms with Crippen molar-refractivity contribution < 1.29 is 26.7 Å². The van der Waals surface area contributed by atoms with Crippen LogP contribution in [0.3, 0.4) is 0 Å². The lowest BCUT2D eigenvalue weighted by Crippen LogP contribution is -2.25. The maximum absolute atomic E-state index is 12.3. The van der Waals surface area contributed by atoms with Crippen LogP contribution in [0.4, 0.5) is 8.78 Å². The molecule has 1 N–H and O–H groups in total. The number of hydrogen-bond acceptors (Lipinski definition) is 4. The molecule has 5 nitrogen and oxygen atoms in total. The third-order valence-electron chi connectivity index (χ3n) is 2.49. The van der Waals surface area contributed by atoms with Crippen molar-refractivity contribution in [2.75, 3.05) is 20.3 Å². The van der Waals surface area contributed by atoms with Crippen LogP contribution in [0.15, 0.2) is 29.2 Å². The van der Waals surface area contributed by atoms with Crippen molar-refractivity contribution in [3.05, 3.63) is 29.8 Å². The lowest BCUT2D eigenvalue weighted by atomic mass is 10.2. The molecule has 1 rings (SSSR count). The molecule has 0 bridgehead atoms. The van der Waals surface area contributed by atoms with Crippen molar-refractivity contribution in [3.8, 4) is 0 Å². The van der Waals surface area contributed by atoms with Gasteiger partial charge in [-0.05, 0) is 30.7 Å². The topological polar surface area (TPSA) is 72.5 Å². The summed E-state index contributed by atoms with van der Waals surface area (Å²) in [6.45, 7) is 0.912. The predicted molar refractivity (Wildman–Crippen MR) is 68.5 cm³/mol. The summed E-state index contributed by atoms with van der Waals surface area (Å²) in [4.78, 5) is 11.1. The first kappa shape index (κ1) is 16.5. The van der Waals surface area contributed by atoms with Crippen LogP contribution in [0.25, 0.3) is 0 Å². The largest absolute Gasteiger partial charge is 0.385 e. The van der Waals surface area contributed by atoms with E-state index in [0.717, 1.165) is 12.1 Å². The van der Waals surface area contributed by atoms with Crippen molar-refractivity contribution in [1.82, 2.24) is 5.32 Å². The number of sulfone groups is 1. The van der Waals surface area contributed by atoms with Gasteiger partial charge in [0.15, 0.2) is 0 Å². The van der Waals surface area contributed by atoms with Gasteiger partial charge in [-0.2, -0.15) is 8.78 Å². The average molecular weight is 307 g/mol. The molecule has 0 aromatic heterocycles.